The third-order valence-corrected chi connectivity index (χ3v) is 5.47. The van der Waals surface area contributed by atoms with E-state index < -0.39 is 6.09 Å². The first-order chi connectivity index (χ1) is 14.2. The highest BCUT2D eigenvalue weighted by molar-refractivity contribution is 6.03. The average molecular weight is 391 g/mol. The van der Waals surface area contributed by atoms with Crippen molar-refractivity contribution in [1.29, 1.82) is 0 Å². The number of hydrogen-bond donors (Lipinski definition) is 1. The summed E-state index contributed by atoms with van der Waals surface area (Å²) >= 11 is 0. The SMILES string of the molecule is O=C(NC1CCCC(N2C(=O)CN=Cc3ccccc32)C1)OCc1ccccc1. The van der Waals surface area contributed by atoms with Gasteiger partial charge in [0.25, 0.3) is 0 Å². The quantitative estimate of drug-likeness (QED) is 0.864. The largest absolute Gasteiger partial charge is 0.445 e. The fraction of sp³-hybridized carbons (Fsp3) is 0.348. The number of aliphatic imine (C=N–C) groups is 1. The normalized spacial score (nSPS) is 21.2. The Balaban J connectivity index is 1.39. The van der Waals surface area contributed by atoms with Crippen molar-refractivity contribution >= 4 is 23.9 Å². The Morgan fingerprint density at radius 3 is 2.76 bits per heavy atom. The number of fused-ring (bicyclic) bond motifs is 1. The highest BCUT2D eigenvalue weighted by Crippen LogP contribution is 2.30. The van der Waals surface area contributed by atoms with E-state index in [1.54, 1.807) is 6.21 Å². The Bertz CT molecular complexity index is 897. The number of hydrogen-bond acceptors (Lipinski definition) is 4. The van der Waals surface area contributed by atoms with Crippen molar-refractivity contribution < 1.29 is 14.3 Å². The number of para-hydroxylation sites is 1. The van der Waals surface area contributed by atoms with Crippen LogP contribution in [0.15, 0.2) is 59.6 Å². The molecule has 6 heteroatoms. The van der Waals surface area contributed by atoms with E-state index in [-0.39, 0.29) is 31.1 Å². The van der Waals surface area contributed by atoms with Crippen LogP contribution in [0, 0.1) is 0 Å². The van der Waals surface area contributed by atoms with Crippen molar-refractivity contribution in [2.24, 2.45) is 4.99 Å². The molecule has 150 valence electrons. The Kier molecular flexibility index (Phi) is 5.89. The minimum Gasteiger partial charge on any atom is -0.445 e. The maximum absolute atomic E-state index is 12.8. The summed E-state index contributed by atoms with van der Waals surface area (Å²) in [5.41, 5.74) is 2.81. The van der Waals surface area contributed by atoms with Gasteiger partial charge in [0.1, 0.15) is 13.2 Å². The molecule has 2 aromatic carbocycles. The summed E-state index contributed by atoms with van der Waals surface area (Å²) in [4.78, 5) is 31.1. The van der Waals surface area contributed by atoms with Crippen LogP contribution in [0.4, 0.5) is 10.5 Å². The number of benzodiazepines with no additional fused rings is 1. The van der Waals surface area contributed by atoms with Crippen LogP contribution in [0.2, 0.25) is 0 Å². The molecule has 0 bridgehead atoms. The molecule has 0 spiro atoms. The molecule has 1 aliphatic heterocycles. The summed E-state index contributed by atoms with van der Waals surface area (Å²) in [5.74, 6) is 0.00324. The van der Waals surface area contributed by atoms with Crippen LogP contribution in [0.25, 0.3) is 0 Å². The highest BCUT2D eigenvalue weighted by Gasteiger charge is 2.33. The second kappa shape index (κ2) is 8.90. The standard InChI is InChI=1S/C23H25N3O3/c27-22-15-24-14-18-9-4-5-12-21(18)26(22)20-11-6-10-19(13-20)25-23(28)29-16-17-7-2-1-3-8-17/h1-5,7-9,12,14,19-20H,6,10-11,13,15-16H2,(H,25,28). The summed E-state index contributed by atoms with van der Waals surface area (Å²) in [6, 6.07) is 17.5. The predicted octanol–water partition coefficient (Wildman–Crippen LogP) is 3.69. The molecule has 2 aromatic rings. The zero-order valence-electron chi connectivity index (χ0n) is 16.3. The summed E-state index contributed by atoms with van der Waals surface area (Å²) in [7, 11) is 0. The van der Waals surface area contributed by atoms with Crippen LogP contribution in [-0.2, 0) is 16.1 Å². The number of ether oxygens (including phenoxy) is 1. The number of nitrogens with one attached hydrogen (secondary N) is 1. The number of rotatable bonds is 4. The van der Waals surface area contributed by atoms with Gasteiger partial charge in [0.05, 0.1) is 5.69 Å². The molecular formula is C23H25N3O3. The van der Waals surface area contributed by atoms with Gasteiger partial charge in [-0.2, -0.15) is 0 Å². The molecule has 0 saturated heterocycles. The van der Waals surface area contributed by atoms with Gasteiger partial charge in [0.15, 0.2) is 0 Å². The third kappa shape index (κ3) is 4.65. The van der Waals surface area contributed by atoms with E-state index in [0.717, 1.165) is 36.1 Å². The molecule has 1 fully saturated rings. The van der Waals surface area contributed by atoms with E-state index in [0.29, 0.717) is 6.42 Å². The summed E-state index contributed by atoms with van der Waals surface area (Å²) in [5, 5.41) is 2.98. The van der Waals surface area contributed by atoms with E-state index in [1.807, 2.05) is 59.5 Å². The van der Waals surface area contributed by atoms with E-state index in [2.05, 4.69) is 10.3 Å². The lowest BCUT2D eigenvalue weighted by molar-refractivity contribution is -0.117. The Morgan fingerprint density at radius 2 is 1.90 bits per heavy atom. The second-order valence-corrected chi connectivity index (χ2v) is 7.52. The second-order valence-electron chi connectivity index (χ2n) is 7.52. The topological polar surface area (TPSA) is 71.0 Å². The minimum atomic E-state index is -0.412. The fourth-order valence-electron chi connectivity index (χ4n) is 4.11. The van der Waals surface area contributed by atoms with Crippen molar-refractivity contribution in [2.45, 2.75) is 44.4 Å². The molecule has 2 amide bonds. The van der Waals surface area contributed by atoms with Gasteiger partial charge < -0.3 is 15.0 Å². The zero-order valence-corrected chi connectivity index (χ0v) is 16.3. The van der Waals surface area contributed by atoms with Crippen LogP contribution >= 0.6 is 0 Å². The number of alkyl carbamates (subject to hydrolysis) is 1. The molecule has 0 aromatic heterocycles. The molecule has 1 aliphatic carbocycles. The van der Waals surface area contributed by atoms with E-state index in [1.165, 1.54) is 0 Å². The van der Waals surface area contributed by atoms with Crippen LogP contribution < -0.4 is 10.2 Å². The van der Waals surface area contributed by atoms with Gasteiger partial charge in [-0.1, -0.05) is 48.5 Å². The Morgan fingerprint density at radius 1 is 1.10 bits per heavy atom. The number of benzene rings is 2. The van der Waals surface area contributed by atoms with Gasteiger partial charge in [-0.25, -0.2) is 4.79 Å². The van der Waals surface area contributed by atoms with E-state index >= 15 is 0 Å². The predicted molar refractivity (Wildman–Crippen MR) is 112 cm³/mol. The molecule has 2 atom stereocenters. The molecule has 0 radical (unpaired) electrons. The van der Waals surface area contributed by atoms with Crippen molar-refractivity contribution in [1.82, 2.24) is 5.32 Å². The molecular weight excluding hydrogens is 366 g/mol. The third-order valence-electron chi connectivity index (χ3n) is 5.47. The lowest BCUT2D eigenvalue weighted by atomic mass is 9.89. The first kappa shape index (κ1) is 19.2. The van der Waals surface area contributed by atoms with Crippen molar-refractivity contribution in [3.05, 3.63) is 65.7 Å². The van der Waals surface area contributed by atoms with Crippen LogP contribution in [-0.4, -0.2) is 36.8 Å². The van der Waals surface area contributed by atoms with Gasteiger partial charge in [-0.3, -0.25) is 9.79 Å². The van der Waals surface area contributed by atoms with Gasteiger partial charge >= 0.3 is 6.09 Å². The lowest BCUT2D eigenvalue weighted by Gasteiger charge is -2.37. The maximum Gasteiger partial charge on any atom is 0.407 e. The number of carbonyl (C=O) groups excluding carboxylic acids is 2. The molecule has 29 heavy (non-hydrogen) atoms. The first-order valence-corrected chi connectivity index (χ1v) is 10.1. The first-order valence-electron chi connectivity index (χ1n) is 10.1. The van der Waals surface area contributed by atoms with Crippen LogP contribution in [0.1, 0.15) is 36.8 Å². The van der Waals surface area contributed by atoms with Crippen LogP contribution in [0.5, 0.6) is 0 Å². The van der Waals surface area contributed by atoms with E-state index in [9.17, 15) is 9.59 Å². The average Bonchev–Trinajstić information content (AvgIpc) is 2.91. The van der Waals surface area contributed by atoms with Gasteiger partial charge in [0.2, 0.25) is 5.91 Å². The lowest BCUT2D eigenvalue weighted by Crippen LogP contribution is -2.49. The summed E-state index contributed by atoms with van der Waals surface area (Å²) < 4.78 is 5.36. The molecule has 1 saturated carbocycles. The highest BCUT2D eigenvalue weighted by atomic mass is 16.5. The molecule has 1 heterocycles. The van der Waals surface area contributed by atoms with E-state index in [4.69, 9.17) is 4.74 Å². The van der Waals surface area contributed by atoms with Crippen molar-refractivity contribution in [2.75, 3.05) is 11.4 Å². The molecule has 6 nitrogen and oxygen atoms in total. The van der Waals surface area contributed by atoms with Crippen molar-refractivity contribution in [3.63, 3.8) is 0 Å². The smallest absolute Gasteiger partial charge is 0.407 e. The number of carbonyl (C=O) groups is 2. The fourth-order valence-corrected chi connectivity index (χ4v) is 4.11. The van der Waals surface area contributed by atoms with Gasteiger partial charge in [-0.05, 0) is 37.3 Å². The molecule has 2 aliphatic rings. The number of amides is 2. The Hall–Kier alpha value is -3.15. The Labute approximate surface area is 170 Å². The molecule has 2 unspecified atom stereocenters. The van der Waals surface area contributed by atoms with Gasteiger partial charge in [-0.15, -0.1) is 0 Å². The number of nitrogens with zero attached hydrogens (tertiary/aromatic N) is 2. The van der Waals surface area contributed by atoms with Crippen molar-refractivity contribution in [3.8, 4) is 0 Å². The molecule has 1 N–H and O–H groups in total. The minimum absolute atomic E-state index is 0.00324. The molecule has 4 rings (SSSR count). The summed E-state index contributed by atoms with van der Waals surface area (Å²) in [6.45, 7) is 0.403. The monoisotopic (exact) mass is 391 g/mol. The zero-order chi connectivity index (χ0) is 20.1. The maximum atomic E-state index is 12.8. The van der Waals surface area contributed by atoms with Gasteiger partial charge in [0, 0.05) is 23.9 Å². The van der Waals surface area contributed by atoms with Crippen LogP contribution in [0.3, 0.4) is 0 Å². The number of anilines is 1. The summed E-state index contributed by atoms with van der Waals surface area (Å²) in [6.07, 6.45) is 4.81.